The van der Waals surface area contributed by atoms with Gasteiger partial charge in [-0.25, -0.2) is 4.79 Å². The van der Waals surface area contributed by atoms with Gasteiger partial charge in [-0.15, -0.1) is 0 Å². The van der Waals surface area contributed by atoms with E-state index in [9.17, 15) is 9.59 Å². The first-order valence-electron chi connectivity index (χ1n) is 4.79. The molecule has 0 spiro atoms. The molecule has 1 aromatic carbocycles. The Balaban J connectivity index is 2.60. The fraction of sp³-hybridized carbons (Fsp3) is 0.273. The van der Waals surface area contributed by atoms with E-state index < -0.39 is 12.0 Å². The number of aryl methyl sites for hydroxylation is 1. The van der Waals surface area contributed by atoms with E-state index in [0.717, 1.165) is 10.5 Å². The molecule has 0 aliphatic rings. The van der Waals surface area contributed by atoms with Crippen molar-refractivity contribution in [3.63, 3.8) is 0 Å². The van der Waals surface area contributed by atoms with Gasteiger partial charge in [0.1, 0.15) is 6.54 Å². The van der Waals surface area contributed by atoms with Crippen LogP contribution in [0.2, 0.25) is 0 Å². The number of hydrogen-bond acceptors (Lipinski definition) is 2. The average Bonchev–Trinajstić information content (AvgIpc) is 2.16. The number of carboxylic acids is 1. The van der Waals surface area contributed by atoms with Crippen molar-refractivity contribution in [3.8, 4) is 0 Å². The third kappa shape index (κ3) is 3.61. The summed E-state index contributed by atoms with van der Waals surface area (Å²) in [5.74, 6) is -1.04. The Morgan fingerprint density at radius 1 is 1.44 bits per heavy atom. The molecule has 2 amide bonds. The number of carbonyl (C=O) groups excluding carboxylic acids is 1. The molecule has 1 rings (SSSR count). The van der Waals surface area contributed by atoms with Gasteiger partial charge in [0.05, 0.1) is 0 Å². The largest absolute Gasteiger partial charge is 0.480 e. The summed E-state index contributed by atoms with van der Waals surface area (Å²) in [5.41, 5.74) is 1.68. The van der Waals surface area contributed by atoms with Crippen LogP contribution in [0.15, 0.2) is 24.3 Å². The molecular formula is C11H14N2O3. The summed E-state index contributed by atoms with van der Waals surface area (Å²) in [4.78, 5) is 23.0. The molecule has 0 fully saturated rings. The lowest BCUT2D eigenvalue weighted by Crippen LogP contribution is -2.35. The molecule has 5 heteroatoms. The average molecular weight is 222 g/mol. The summed E-state index contributed by atoms with van der Waals surface area (Å²) >= 11 is 0. The number of urea groups is 1. The monoisotopic (exact) mass is 222 g/mol. The van der Waals surface area contributed by atoms with Gasteiger partial charge < -0.3 is 15.3 Å². The molecule has 86 valence electrons. The summed E-state index contributed by atoms with van der Waals surface area (Å²) in [7, 11) is 1.43. The highest BCUT2D eigenvalue weighted by Crippen LogP contribution is 2.09. The molecule has 0 radical (unpaired) electrons. The summed E-state index contributed by atoms with van der Waals surface area (Å²) in [6.07, 6.45) is 0. The highest BCUT2D eigenvalue weighted by atomic mass is 16.4. The van der Waals surface area contributed by atoms with Crippen molar-refractivity contribution in [1.82, 2.24) is 4.90 Å². The Bertz CT molecular complexity index is 404. The van der Waals surface area contributed by atoms with Gasteiger partial charge in [0, 0.05) is 12.7 Å². The number of carbonyl (C=O) groups is 2. The number of benzene rings is 1. The molecule has 0 heterocycles. The van der Waals surface area contributed by atoms with E-state index in [-0.39, 0.29) is 6.54 Å². The molecule has 0 saturated carbocycles. The Morgan fingerprint density at radius 3 is 2.69 bits per heavy atom. The Hall–Kier alpha value is -2.04. The van der Waals surface area contributed by atoms with E-state index in [1.807, 2.05) is 25.1 Å². The van der Waals surface area contributed by atoms with Crippen molar-refractivity contribution in [3.05, 3.63) is 29.8 Å². The van der Waals surface area contributed by atoms with E-state index in [2.05, 4.69) is 5.32 Å². The van der Waals surface area contributed by atoms with Gasteiger partial charge in [0.2, 0.25) is 0 Å². The number of nitrogens with zero attached hydrogens (tertiary/aromatic N) is 1. The Kier molecular flexibility index (Phi) is 3.88. The molecule has 0 bridgehead atoms. The molecule has 5 nitrogen and oxygen atoms in total. The molecule has 0 atom stereocenters. The first kappa shape index (κ1) is 12.0. The third-order valence-corrected chi connectivity index (χ3v) is 1.99. The molecule has 0 unspecified atom stereocenters. The van der Waals surface area contributed by atoms with Crippen molar-refractivity contribution in [2.75, 3.05) is 18.9 Å². The van der Waals surface area contributed by atoms with Crippen LogP contribution in [0.3, 0.4) is 0 Å². The number of likely N-dealkylation sites (N-methyl/N-ethyl adjacent to an activating group) is 1. The first-order chi connectivity index (χ1) is 7.49. The minimum Gasteiger partial charge on any atom is -0.480 e. The highest BCUT2D eigenvalue weighted by molar-refractivity contribution is 5.91. The van der Waals surface area contributed by atoms with Crippen molar-refractivity contribution >= 4 is 17.7 Å². The maximum atomic E-state index is 11.5. The van der Waals surface area contributed by atoms with E-state index in [4.69, 9.17) is 5.11 Å². The number of carboxylic acid groups (broad SMARTS) is 1. The van der Waals surface area contributed by atoms with Gasteiger partial charge in [-0.3, -0.25) is 4.79 Å². The van der Waals surface area contributed by atoms with Gasteiger partial charge in [0.15, 0.2) is 0 Å². The standard InChI is InChI=1S/C11H14N2O3/c1-8-4-3-5-9(6-8)12-11(16)13(2)7-10(14)15/h3-6H,7H2,1-2H3,(H,12,16)(H,14,15). The molecule has 2 N–H and O–H groups in total. The first-order valence-corrected chi connectivity index (χ1v) is 4.79. The summed E-state index contributed by atoms with van der Waals surface area (Å²) in [6.45, 7) is 1.59. The quantitative estimate of drug-likeness (QED) is 0.815. The molecular weight excluding hydrogens is 208 g/mol. The van der Waals surface area contributed by atoms with Gasteiger partial charge in [-0.05, 0) is 24.6 Å². The van der Waals surface area contributed by atoms with Crippen LogP contribution in [0.25, 0.3) is 0 Å². The zero-order chi connectivity index (χ0) is 12.1. The molecule has 1 aromatic rings. The molecule has 0 saturated heterocycles. The summed E-state index contributed by atoms with van der Waals surface area (Å²) in [5, 5.41) is 11.1. The van der Waals surface area contributed by atoms with Crippen LogP contribution in [-0.4, -0.2) is 35.6 Å². The zero-order valence-electron chi connectivity index (χ0n) is 9.23. The summed E-state index contributed by atoms with van der Waals surface area (Å²) < 4.78 is 0. The second-order valence-electron chi connectivity index (χ2n) is 3.55. The predicted molar refractivity (Wildman–Crippen MR) is 60.5 cm³/mol. The zero-order valence-corrected chi connectivity index (χ0v) is 9.23. The highest BCUT2D eigenvalue weighted by Gasteiger charge is 2.11. The minimum atomic E-state index is -1.04. The molecule has 0 aliphatic heterocycles. The van der Waals surface area contributed by atoms with Crippen LogP contribution >= 0.6 is 0 Å². The topological polar surface area (TPSA) is 69.6 Å². The van der Waals surface area contributed by atoms with Crippen molar-refractivity contribution < 1.29 is 14.7 Å². The van der Waals surface area contributed by atoms with Crippen molar-refractivity contribution in [2.24, 2.45) is 0 Å². The summed E-state index contributed by atoms with van der Waals surface area (Å²) in [6, 6.07) is 6.86. The van der Waals surface area contributed by atoms with E-state index in [1.54, 1.807) is 6.07 Å². The number of hydrogen-bond donors (Lipinski definition) is 2. The lowest BCUT2D eigenvalue weighted by molar-refractivity contribution is -0.137. The second-order valence-corrected chi connectivity index (χ2v) is 3.55. The maximum Gasteiger partial charge on any atom is 0.323 e. The fourth-order valence-corrected chi connectivity index (χ4v) is 1.22. The smallest absolute Gasteiger partial charge is 0.323 e. The molecule has 0 aliphatic carbocycles. The fourth-order valence-electron chi connectivity index (χ4n) is 1.22. The second kappa shape index (κ2) is 5.16. The SMILES string of the molecule is Cc1cccc(NC(=O)N(C)CC(=O)O)c1. The van der Waals surface area contributed by atoms with Gasteiger partial charge in [-0.2, -0.15) is 0 Å². The van der Waals surface area contributed by atoms with Gasteiger partial charge in [0.25, 0.3) is 0 Å². The molecule has 0 aromatic heterocycles. The van der Waals surface area contributed by atoms with Gasteiger partial charge >= 0.3 is 12.0 Å². The number of rotatable bonds is 3. The van der Waals surface area contributed by atoms with Gasteiger partial charge in [-0.1, -0.05) is 12.1 Å². The third-order valence-electron chi connectivity index (χ3n) is 1.99. The number of aliphatic carboxylic acids is 1. The molecule has 16 heavy (non-hydrogen) atoms. The van der Waals surface area contributed by atoms with E-state index >= 15 is 0 Å². The number of amides is 2. The van der Waals surface area contributed by atoms with Crippen LogP contribution < -0.4 is 5.32 Å². The van der Waals surface area contributed by atoms with Crippen LogP contribution in [0.4, 0.5) is 10.5 Å². The van der Waals surface area contributed by atoms with Crippen LogP contribution in [0.5, 0.6) is 0 Å². The minimum absolute atomic E-state index is 0.322. The lowest BCUT2D eigenvalue weighted by Gasteiger charge is -2.15. The Morgan fingerprint density at radius 2 is 2.12 bits per heavy atom. The van der Waals surface area contributed by atoms with Crippen molar-refractivity contribution in [1.29, 1.82) is 0 Å². The predicted octanol–water partition coefficient (Wildman–Crippen LogP) is 1.54. The van der Waals surface area contributed by atoms with Crippen molar-refractivity contribution in [2.45, 2.75) is 6.92 Å². The normalized spacial score (nSPS) is 9.62. The maximum absolute atomic E-state index is 11.5. The Labute approximate surface area is 93.7 Å². The lowest BCUT2D eigenvalue weighted by atomic mass is 10.2. The van der Waals surface area contributed by atoms with Crippen LogP contribution in [-0.2, 0) is 4.79 Å². The number of nitrogens with one attached hydrogen (secondary N) is 1. The van der Waals surface area contributed by atoms with Crippen LogP contribution in [0, 0.1) is 6.92 Å². The van der Waals surface area contributed by atoms with E-state index in [0.29, 0.717) is 5.69 Å². The number of anilines is 1. The van der Waals surface area contributed by atoms with Crippen LogP contribution in [0.1, 0.15) is 5.56 Å². The van der Waals surface area contributed by atoms with E-state index in [1.165, 1.54) is 7.05 Å².